The number of nitrogens with zero attached hydrogens (tertiary/aromatic N) is 1. The molecule has 0 fully saturated rings. The smallest absolute Gasteiger partial charge is 0.266 e. The van der Waals surface area contributed by atoms with Crippen LogP contribution in [0.2, 0.25) is 0 Å². The van der Waals surface area contributed by atoms with Crippen molar-refractivity contribution in [1.82, 2.24) is 0 Å². The van der Waals surface area contributed by atoms with Gasteiger partial charge in [-0.25, -0.2) is 4.39 Å². The van der Waals surface area contributed by atoms with Gasteiger partial charge < -0.3 is 14.6 Å². The van der Waals surface area contributed by atoms with Crippen LogP contribution < -0.4 is 14.6 Å². The molecule has 0 bridgehead atoms. The first-order chi connectivity index (χ1) is 11.9. The van der Waals surface area contributed by atoms with Gasteiger partial charge in [0.15, 0.2) is 17.3 Å². The van der Waals surface area contributed by atoms with E-state index in [-0.39, 0.29) is 22.6 Å². The first kappa shape index (κ1) is 17.9. The second-order valence-electron chi connectivity index (χ2n) is 4.88. The fourth-order valence-corrected chi connectivity index (χ4v) is 2.08. The quantitative estimate of drug-likeness (QED) is 0.345. The van der Waals surface area contributed by atoms with Gasteiger partial charge in [-0.3, -0.25) is 14.9 Å². The van der Waals surface area contributed by atoms with E-state index in [2.05, 4.69) is 0 Å². The maximum Gasteiger partial charge on any atom is 0.266 e. The molecule has 0 radical (unpaired) electrons. The summed E-state index contributed by atoms with van der Waals surface area (Å²) in [5.41, 5.74) is -0.358. The van der Waals surface area contributed by atoms with Crippen LogP contribution in [0.25, 0.3) is 6.08 Å². The molecular formula is C17H13FNO6-. The molecule has 0 N–H and O–H groups in total. The van der Waals surface area contributed by atoms with Crippen LogP contribution in [-0.4, -0.2) is 24.9 Å². The number of ether oxygens (including phenoxy) is 2. The van der Waals surface area contributed by atoms with Gasteiger partial charge in [-0.05, 0) is 35.9 Å². The van der Waals surface area contributed by atoms with Crippen LogP contribution in [0.1, 0.15) is 15.9 Å². The monoisotopic (exact) mass is 346 g/mol. The van der Waals surface area contributed by atoms with Crippen molar-refractivity contribution in [3.05, 3.63) is 63.5 Å². The molecular weight excluding hydrogens is 333 g/mol. The Bertz CT molecular complexity index is 862. The minimum atomic E-state index is -0.854. The summed E-state index contributed by atoms with van der Waals surface area (Å²) in [6, 6.07) is 6.03. The lowest BCUT2D eigenvalue weighted by molar-refractivity contribution is -0.398. The number of nitro groups is 1. The van der Waals surface area contributed by atoms with E-state index in [1.54, 1.807) is 0 Å². The zero-order valence-electron chi connectivity index (χ0n) is 13.3. The van der Waals surface area contributed by atoms with Crippen molar-refractivity contribution < 1.29 is 28.7 Å². The van der Waals surface area contributed by atoms with Gasteiger partial charge in [0, 0.05) is 17.4 Å². The average molecular weight is 346 g/mol. The van der Waals surface area contributed by atoms with Gasteiger partial charge >= 0.3 is 0 Å². The zero-order valence-corrected chi connectivity index (χ0v) is 13.3. The van der Waals surface area contributed by atoms with E-state index in [0.29, 0.717) is 0 Å². The van der Waals surface area contributed by atoms with Gasteiger partial charge in [0.2, 0.25) is 0 Å². The first-order valence-corrected chi connectivity index (χ1v) is 6.96. The molecule has 0 aliphatic rings. The lowest BCUT2D eigenvalue weighted by Crippen LogP contribution is -2.01. The van der Waals surface area contributed by atoms with E-state index in [9.17, 15) is 24.4 Å². The molecule has 2 aromatic rings. The number of hydrogen-bond donors (Lipinski definition) is 0. The van der Waals surface area contributed by atoms with Crippen molar-refractivity contribution >= 4 is 17.5 Å². The van der Waals surface area contributed by atoms with Crippen molar-refractivity contribution in [3.63, 3.8) is 0 Å². The molecule has 0 heterocycles. The van der Waals surface area contributed by atoms with Gasteiger partial charge in [0.1, 0.15) is 5.75 Å². The summed E-state index contributed by atoms with van der Waals surface area (Å²) >= 11 is 0. The SMILES string of the molecule is COc1ccc(C(=O)/C=C/c2cc(OC)c([O-])c([N+](=O)[O-])c2)cc1F. The number of methoxy groups -OCH3 is 2. The van der Waals surface area contributed by atoms with Gasteiger partial charge in [0.05, 0.1) is 19.1 Å². The molecule has 2 rings (SSSR count). The van der Waals surface area contributed by atoms with Crippen LogP contribution in [0.4, 0.5) is 10.1 Å². The number of benzene rings is 2. The minimum absolute atomic E-state index is 0.00641. The highest BCUT2D eigenvalue weighted by Crippen LogP contribution is 2.34. The molecule has 0 saturated heterocycles. The van der Waals surface area contributed by atoms with E-state index in [4.69, 9.17) is 9.47 Å². The third-order valence-electron chi connectivity index (χ3n) is 3.34. The molecule has 130 valence electrons. The number of allylic oxidation sites excluding steroid dienone is 1. The number of ketones is 1. The predicted molar refractivity (Wildman–Crippen MR) is 85.4 cm³/mol. The Morgan fingerprint density at radius 2 is 1.84 bits per heavy atom. The van der Waals surface area contributed by atoms with Crippen molar-refractivity contribution in [2.24, 2.45) is 0 Å². The van der Waals surface area contributed by atoms with Crippen LogP contribution in [0, 0.1) is 15.9 Å². The number of rotatable bonds is 6. The topological polar surface area (TPSA) is 102 Å². The van der Waals surface area contributed by atoms with E-state index in [0.717, 1.165) is 18.2 Å². The maximum atomic E-state index is 13.6. The second-order valence-corrected chi connectivity index (χ2v) is 4.88. The Morgan fingerprint density at radius 1 is 1.16 bits per heavy atom. The molecule has 0 aromatic heterocycles. The Kier molecular flexibility index (Phi) is 5.33. The first-order valence-electron chi connectivity index (χ1n) is 6.96. The molecule has 0 unspecified atom stereocenters. The molecule has 0 atom stereocenters. The molecule has 0 spiro atoms. The van der Waals surface area contributed by atoms with Gasteiger partial charge in [-0.2, -0.15) is 0 Å². The normalized spacial score (nSPS) is 10.7. The van der Waals surface area contributed by atoms with Crippen molar-refractivity contribution in [2.45, 2.75) is 0 Å². The zero-order chi connectivity index (χ0) is 18.6. The molecule has 0 saturated carbocycles. The molecule has 0 aliphatic heterocycles. The average Bonchev–Trinajstić information content (AvgIpc) is 2.60. The largest absolute Gasteiger partial charge is 0.865 e. The van der Waals surface area contributed by atoms with Crippen LogP contribution in [0.5, 0.6) is 17.2 Å². The van der Waals surface area contributed by atoms with E-state index in [1.165, 1.54) is 38.5 Å². The summed E-state index contributed by atoms with van der Waals surface area (Å²) in [6.45, 7) is 0. The highest BCUT2D eigenvalue weighted by atomic mass is 19.1. The summed E-state index contributed by atoms with van der Waals surface area (Å²) in [5.74, 6) is -2.26. The third kappa shape index (κ3) is 3.92. The number of halogens is 1. The third-order valence-corrected chi connectivity index (χ3v) is 3.34. The standard InChI is InChI=1S/C17H14FNO6/c1-24-15-6-4-11(9-12(15)18)14(20)5-3-10-7-13(19(22)23)17(21)16(8-10)25-2/h3-9,21H,1-2H3/p-1/b5-3+. The van der Waals surface area contributed by atoms with Crippen molar-refractivity contribution in [1.29, 1.82) is 0 Å². The maximum absolute atomic E-state index is 13.6. The van der Waals surface area contributed by atoms with Crippen LogP contribution >= 0.6 is 0 Å². The Hall–Kier alpha value is -3.42. The Balaban J connectivity index is 2.32. The predicted octanol–water partition coefficient (Wildman–Crippen LogP) is 2.72. The van der Waals surface area contributed by atoms with Crippen LogP contribution in [-0.2, 0) is 0 Å². The molecule has 8 heteroatoms. The summed E-state index contributed by atoms with van der Waals surface area (Å²) in [7, 11) is 2.51. The van der Waals surface area contributed by atoms with Crippen molar-refractivity contribution in [3.8, 4) is 17.2 Å². The second kappa shape index (κ2) is 7.43. The molecule has 7 nitrogen and oxygen atoms in total. The fraction of sp³-hybridized carbons (Fsp3) is 0.118. The van der Waals surface area contributed by atoms with Crippen LogP contribution in [0.15, 0.2) is 36.4 Å². The number of carbonyl (C=O) groups is 1. The molecule has 25 heavy (non-hydrogen) atoms. The lowest BCUT2D eigenvalue weighted by Gasteiger charge is -2.13. The Morgan fingerprint density at radius 3 is 2.40 bits per heavy atom. The Labute approximate surface area is 142 Å². The number of hydrogen-bond acceptors (Lipinski definition) is 6. The van der Waals surface area contributed by atoms with Crippen LogP contribution in [0.3, 0.4) is 0 Å². The van der Waals surface area contributed by atoms with Gasteiger partial charge in [0.25, 0.3) is 5.69 Å². The van der Waals surface area contributed by atoms with Gasteiger partial charge in [-0.15, -0.1) is 0 Å². The lowest BCUT2D eigenvalue weighted by atomic mass is 10.1. The number of carbonyl (C=O) groups excluding carboxylic acids is 1. The molecule has 0 aliphatic carbocycles. The molecule has 2 aromatic carbocycles. The van der Waals surface area contributed by atoms with Gasteiger partial charge in [-0.1, -0.05) is 6.08 Å². The van der Waals surface area contributed by atoms with Crippen molar-refractivity contribution in [2.75, 3.05) is 14.2 Å². The van der Waals surface area contributed by atoms with E-state index < -0.39 is 28.0 Å². The summed E-state index contributed by atoms with van der Waals surface area (Å²) < 4.78 is 23.2. The molecule has 0 amide bonds. The summed E-state index contributed by atoms with van der Waals surface area (Å²) in [5, 5.41) is 22.6. The van der Waals surface area contributed by atoms with E-state index >= 15 is 0 Å². The number of nitro benzene ring substituents is 1. The fourth-order valence-electron chi connectivity index (χ4n) is 2.08. The highest BCUT2D eigenvalue weighted by Gasteiger charge is 2.13. The highest BCUT2D eigenvalue weighted by molar-refractivity contribution is 6.07. The summed E-state index contributed by atoms with van der Waals surface area (Å²) in [4.78, 5) is 22.2. The summed E-state index contributed by atoms with van der Waals surface area (Å²) in [6.07, 6.45) is 2.39. The van der Waals surface area contributed by atoms with E-state index in [1.807, 2.05) is 0 Å². The minimum Gasteiger partial charge on any atom is -0.865 e.